The molecule has 0 aliphatic carbocycles. The minimum Gasteiger partial charge on any atom is -0.338 e. The van der Waals surface area contributed by atoms with Gasteiger partial charge in [0.2, 0.25) is 11.7 Å². The highest BCUT2D eigenvalue weighted by atomic mass is 35.5. The number of thiophene rings is 1. The van der Waals surface area contributed by atoms with Gasteiger partial charge in [-0.2, -0.15) is 16.3 Å². The van der Waals surface area contributed by atoms with Crippen molar-refractivity contribution in [2.45, 2.75) is 6.54 Å². The number of hydrogen-bond acceptors (Lipinski definition) is 6. The monoisotopic (exact) mass is 403 g/mol. The number of hydrogen-bond donors (Lipinski definition) is 1. The molecule has 0 radical (unpaired) electrons. The molecule has 9 heteroatoms. The number of carbonyl (C=O) groups excluding carboxylic acids is 1. The number of benzene rings is 1. The van der Waals surface area contributed by atoms with E-state index in [0.717, 1.165) is 18.7 Å². The summed E-state index contributed by atoms with van der Waals surface area (Å²) in [4.78, 5) is 20.8. The zero-order valence-electron chi connectivity index (χ0n) is 14.5. The Hall–Kier alpha value is -2.42. The first kappa shape index (κ1) is 18.0. The molecule has 4 rings (SSSR count). The number of aromatic nitrogens is 2. The van der Waals surface area contributed by atoms with Crippen LogP contribution >= 0.6 is 22.9 Å². The standard InChI is InChI=1S/C18H18ClN5O2S/c19-14-2-1-3-15(10-14)20-18(25)24-7-5-23(6-8-24)11-16-21-17(22-26-16)13-4-9-27-12-13/h1-4,9-10,12H,5-8,11H2,(H,20,25). The lowest BCUT2D eigenvalue weighted by atomic mass is 10.3. The SMILES string of the molecule is O=C(Nc1cccc(Cl)c1)N1CCN(Cc2nc(-c3ccsc3)no2)CC1. The Morgan fingerprint density at radius 2 is 2.11 bits per heavy atom. The van der Waals surface area contributed by atoms with E-state index in [4.69, 9.17) is 16.1 Å². The number of anilines is 1. The van der Waals surface area contributed by atoms with Crippen molar-refractivity contribution in [3.8, 4) is 11.4 Å². The number of amides is 2. The molecule has 3 aromatic rings. The molecule has 0 spiro atoms. The molecule has 1 fully saturated rings. The zero-order chi connectivity index (χ0) is 18.6. The van der Waals surface area contributed by atoms with Crippen LogP contribution in [0, 0.1) is 0 Å². The van der Waals surface area contributed by atoms with E-state index in [1.54, 1.807) is 28.4 Å². The Bertz CT molecular complexity index is 906. The third-order valence-corrected chi connectivity index (χ3v) is 5.26. The minimum atomic E-state index is -0.116. The average Bonchev–Trinajstić information content (AvgIpc) is 3.34. The summed E-state index contributed by atoms with van der Waals surface area (Å²) in [5.41, 5.74) is 1.67. The molecule has 0 unspecified atom stereocenters. The second-order valence-electron chi connectivity index (χ2n) is 6.23. The molecular formula is C18H18ClN5O2S. The van der Waals surface area contributed by atoms with Gasteiger partial charge in [-0.15, -0.1) is 0 Å². The third kappa shape index (κ3) is 4.47. The van der Waals surface area contributed by atoms with Crippen molar-refractivity contribution in [1.82, 2.24) is 19.9 Å². The Kier molecular flexibility index (Phi) is 5.38. The largest absolute Gasteiger partial charge is 0.338 e. The van der Waals surface area contributed by atoms with Crippen LogP contribution in [0.25, 0.3) is 11.4 Å². The van der Waals surface area contributed by atoms with Gasteiger partial charge in [0, 0.05) is 47.8 Å². The summed E-state index contributed by atoms with van der Waals surface area (Å²) in [5, 5.41) is 11.5. The van der Waals surface area contributed by atoms with Crippen molar-refractivity contribution in [1.29, 1.82) is 0 Å². The fourth-order valence-electron chi connectivity index (χ4n) is 2.90. The number of urea groups is 1. The van der Waals surface area contributed by atoms with Crippen LogP contribution in [0.1, 0.15) is 5.89 Å². The smallest absolute Gasteiger partial charge is 0.321 e. The Labute approximate surface area is 165 Å². The third-order valence-electron chi connectivity index (χ3n) is 4.34. The fourth-order valence-corrected chi connectivity index (χ4v) is 3.72. The van der Waals surface area contributed by atoms with Crippen LogP contribution < -0.4 is 5.32 Å². The number of nitrogens with zero attached hydrogens (tertiary/aromatic N) is 4. The topological polar surface area (TPSA) is 74.5 Å². The molecular weight excluding hydrogens is 386 g/mol. The van der Waals surface area contributed by atoms with Crippen molar-refractivity contribution in [3.05, 3.63) is 52.0 Å². The normalized spacial score (nSPS) is 15.1. The van der Waals surface area contributed by atoms with E-state index in [2.05, 4.69) is 20.4 Å². The van der Waals surface area contributed by atoms with Gasteiger partial charge in [0.05, 0.1) is 6.54 Å². The molecule has 1 aliphatic rings. The quantitative estimate of drug-likeness (QED) is 0.717. The first-order valence-electron chi connectivity index (χ1n) is 8.56. The summed E-state index contributed by atoms with van der Waals surface area (Å²) >= 11 is 7.55. The first-order chi connectivity index (χ1) is 13.2. The summed E-state index contributed by atoms with van der Waals surface area (Å²) in [5.74, 6) is 1.21. The summed E-state index contributed by atoms with van der Waals surface area (Å²) in [6, 6.07) is 8.99. The molecule has 1 aliphatic heterocycles. The minimum absolute atomic E-state index is 0.116. The van der Waals surface area contributed by atoms with Crippen molar-refractivity contribution in [3.63, 3.8) is 0 Å². The van der Waals surface area contributed by atoms with Gasteiger partial charge in [-0.3, -0.25) is 4.90 Å². The molecule has 2 aromatic heterocycles. The van der Waals surface area contributed by atoms with Crippen molar-refractivity contribution >= 4 is 34.7 Å². The van der Waals surface area contributed by atoms with E-state index in [1.807, 2.05) is 29.0 Å². The summed E-state index contributed by atoms with van der Waals surface area (Å²) in [6.07, 6.45) is 0. The van der Waals surface area contributed by atoms with Crippen molar-refractivity contribution in [2.24, 2.45) is 0 Å². The van der Waals surface area contributed by atoms with Gasteiger partial charge in [-0.1, -0.05) is 22.8 Å². The Morgan fingerprint density at radius 3 is 2.85 bits per heavy atom. The lowest BCUT2D eigenvalue weighted by Crippen LogP contribution is -2.49. The van der Waals surface area contributed by atoms with E-state index in [0.29, 0.717) is 42.1 Å². The van der Waals surface area contributed by atoms with Gasteiger partial charge in [0.1, 0.15) is 0 Å². The second kappa shape index (κ2) is 8.08. The molecule has 0 saturated carbocycles. The van der Waals surface area contributed by atoms with Gasteiger partial charge in [0.25, 0.3) is 0 Å². The van der Waals surface area contributed by atoms with Gasteiger partial charge in [-0.05, 0) is 29.6 Å². The van der Waals surface area contributed by atoms with Crippen LogP contribution in [0.3, 0.4) is 0 Å². The lowest BCUT2D eigenvalue weighted by molar-refractivity contribution is 0.133. The number of piperazine rings is 1. The van der Waals surface area contributed by atoms with Crippen LogP contribution in [0.15, 0.2) is 45.6 Å². The Morgan fingerprint density at radius 1 is 1.26 bits per heavy atom. The van der Waals surface area contributed by atoms with Gasteiger partial charge in [0.15, 0.2) is 0 Å². The molecule has 0 atom stereocenters. The highest BCUT2D eigenvalue weighted by Gasteiger charge is 2.22. The summed E-state index contributed by atoms with van der Waals surface area (Å²) in [6.45, 7) is 3.36. The van der Waals surface area contributed by atoms with Crippen LogP contribution in [0.5, 0.6) is 0 Å². The fraction of sp³-hybridized carbons (Fsp3) is 0.278. The van der Waals surface area contributed by atoms with E-state index >= 15 is 0 Å². The van der Waals surface area contributed by atoms with Crippen LogP contribution in [-0.2, 0) is 6.54 Å². The average molecular weight is 404 g/mol. The van der Waals surface area contributed by atoms with Gasteiger partial charge in [-0.25, -0.2) is 4.79 Å². The van der Waals surface area contributed by atoms with Crippen molar-refractivity contribution < 1.29 is 9.32 Å². The van der Waals surface area contributed by atoms with Crippen LogP contribution in [-0.4, -0.2) is 52.2 Å². The summed E-state index contributed by atoms with van der Waals surface area (Å²) < 4.78 is 5.35. The molecule has 27 heavy (non-hydrogen) atoms. The molecule has 1 N–H and O–H groups in total. The molecule has 140 valence electrons. The Balaban J connectivity index is 1.28. The molecule has 7 nitrogen and oxygen atoms in total. The van der Waals surface area contributed by atoms with E-state index in [-0.39, 0.29) is 6.03 Å². The predicted molar refractivity (Wildman–Crippen MR) is 105 cm³/mol. The number of nitrogens with one attached hydrogen (secondary N) is 1. The zero-order valence-corrected chi connectivity index (χ0v) is 16.0. The second-order valence-corrected chi connectivity index (χ2v) is 7.44. The van der Waals surface area contributed by atoms with Gasteiger partial charge >= 0.3 is 6.03 Å². The number of carbonyl (C=O) groups is 1. The first-order valence-corrected chi connectivity index (χ1v) is 9.88. The van der Waals surface area contributed by atoms with E-state index < -0.39 is 0 Å². The summed E-state index contributed by atoms with van der Waals surface area (Å²) in [7, 11) is 0. The van der Waals surface area contributed by atoms with E-state index in [9.17, 15) is 4.79 Å². The maximum absolute atomic E-state index is 12.4. The number of halogens is 1. The van der Waals surface area contributed by atoms with Crippen molar-refractivity contribution in [2.75, 3.05) is 31.5 Å². The van der Waals surface area contributed by atoms with Crippen LogP contribution in [0.4, 0.5) is 10.5 Å². The van der Waals surface area contributed by atoms with E-state index in [1.165, 1.54) is 0 Å². The predicted octanol–water partition coefficient (Wildman–Crippen LogP) is 3.80. The van der Waals surface area contributed by atoms with Gasteiger partial charge < -0.3 is 14.7 Å². The molecule has 1 aromatic carbocycles. The molecule has 3 heterocycles. The highest BCUT2D eigenvalue weighted by Crippen LogP contribution is 2.20. The highest BCUT2D eigenvalue weighted by molar-refractivity contribution is 7.08. The maximum Gasteiger partial charge on any atom is 0.321 e. The lowest BCUT2D eigenvalue weighted by Gasteiger charge is -2.33. The van der Waals surface area contributed by atoms with Crippen LogP contribution in [0.2, 0.25) is 5.02 Å². The molecule has 0 bridgehead atoms. The molecule has 1 saturated heterocycles. The number of rotatable bonds is 4. The molecule has 2 amide bonds. The maximum atomic E-state index is 12.4.